The number of fused-ring (bicyclic) bond motifs is 1. The average molecular weight is 481 g/mol. The van der Waals surface area contributed by atoms with Gasteiger partial charge < -0.3 is 10.2 Å². The van der Waals surface area contributed by atoms with Crippen molar-refractivity contribution in [2.45, 2.75) is 83.6 Å². The molecule has 2 aromatic rings. The molecule has 2 amide bonds. The van der Waals surface area contributed by atoms with E-state index in [1.807, 2.05) is 24.3 Å². The maximum atomic E-state index is 13.3. The highest BCUT2D eigenvalue weighted by atomic mass is 35.5. The first-order valence-corrected chi connectivity index (χ1v) is 13.5. The molecule has 0 bridgehead atoms. The number of nitrogens with zero attached hydrogens (tertiary/aromatic N) is 1. The Hall–Kier alpha value is -2.33. The number of amides is 2. The third-order valence-electron chi connectivity index (χ3n) is 7.50. The summed E-state index contributed by atoms with van der Waals surface area (Å²) in [6, 6.07) is 13.4. The van der Waals surface area contributed by atoms with Crippen LogP contribution in [0.25, 0.3) is 0 Å². The first-order valence-electron chi connectivity index (χ1n) is 13.1. The van der Waals surface area contributed by atoms with Gasteiger partial charge in [0.05, 0.1) is 10.6 Å². The largest absolute Gasteiger partial charge is 0.335 e. The Morgan fingerprint density at radius 2 is 1.74 bits per heavy atom. The number of anilines is 1. The van der Waals surface area contributed by atoms with Crippen LogP contribution in [-0.2, 0) is 6.42 Å². The second kappa shape index (κ2) is 11.9. The molecule has 2 aromatic carbocycles. The molecule has 1 saturated heterocycles. The minimum Gasteiger partial charge on any atom is -0.335 e. The molecule has 1 aliphatic heterocycles. The van der Waals surface area contributed by atoms with Crippen molar-refractivity contribution in [1.82, 2.24) is 4.90 Å². The normalized spacial score (nSPS) is 20.0. The number of rotatable bonds is 8. The van der Waals surface area contributed by atoms with Gasteiger partial charge in [-0.05, 0) is 80.3 Å². The standard InChI is InChI=1S/C29H37ClN2O2/c1-2-3-4-5-9-21-13-15-23(16-14-21)28(33)31-24-17-18-25(26(30)20-24)29(34)32-19-8-11-22-10-6-7-12-27(22)32/h13-18,20,22,27H,2-12,19H2,1H3,(H,31,33)/t22-,27-/m1/s1. The van der Waals surface area contributed by atoms with E-state index in [1.165, 1.54) is 56.9 Å². The third-order valence-corrected chi connectivity index (χ3v) is 7.81. The lowest BCUT2D eigenvalue weighted by Crippen LogP contribution is -2.49. The van der Waals surface area contributed by atoms with Crippen LogP contribution < -0.4 is 5.32 Å². The zero-order valence-corrected chi connectivity index (χ0v) is 21.1. The lowest BCUT2D eigenvalue weighted by Gasteiger charge is -2.44. The van der Waals surface area contributed by atoms with Crippen molar-refractivity contribution < 1.29 is 9.59 Å². The Balaban J connectivity index is 1.37. The van der Waals surface area contributed by atoms with Gasteiger partial charge in [-0.1, -0.05) is 62.8 Å². The molecular weight excluding hydrogens is 444 g/mol. The lowest BCUT2D eigenvalue weighted by molar-refractivity contribution is 0.0391. The lowest BCUT2D eigenvalue weighted by atomic mass is 9.78. The van der Waals surface area contributed by atoms with Crippen molar-refractivity contribution in [2.24, 2.45) is 5.92 Å². The van der Waals surface area contributed by atoms with E-state index in [-0.39, 0.29) is 11.8 Å². The highest BCUT2D eigenvalue weighted by Crippen LogP contribution is 2.36. The van der Waals surface area contributed by atoms with Crippen molar-refractivity contribution in [3.05, 3.63) is 64.2 Å². The van der Waals surface area contributed by atoms with Gasteiger partial charge in [-0.15, -0.1) is 0 Å². The number of nitrogens with one attached hydrogen (secondary N) is 1. The van der Waals surface area contributed by atoms with E-state index in [0.29, 0.717) is 33.8 Å². The van der Waals surface area contributed by atoms with Crippen LogP contribution in [0.1, 0.15) is 97.4 Å². The predicted octanol–water partition coefficient (Wildman–Crippen LogP) is 7.51. The molecule has 2 aliphatic rings. The van der Waals surface area contributed by atoms with Crippen LogP contribution in [0.4, 0.5) is 5.69 Å². The van der Waals surface area contributed by atoms with Gasteiger partial charge in [-0.25, -0.2) is 0 Å². The van der Waals surface area contributed by atoms with Crippen molar-refractivity contribution >= 4 is 29.1 Å². The minimum atomic E-state index is -0.172. The molecule has 182 valence electrons. The topological polar surface area (TPSA) is 49.4 Å². The van der Waals surface area contributed by atoms with Crippen molar-refractivity contribution in [3.63, 3.8) is 0 Å². The van der Waals surface area contributed by atoms with Gasteiger partial charge in [0.15, 0.2) is 0 Å². The quantitative estimate of drug-likeness (QED) is 0.397. The van der Waals surface area contributed by atoms with Crippen LogP contribution in [0, 0.1) is 5.92 Å². The zero-order valence-electron chi connectivity index (χ0n) is 20.3. The number of aryl methyl sites for hydroxylation is 1. The summed E-state index contributed by atoms with van der Waals surface area (Å²) in [5, 5.41) is 3.31. The predicted molar refractivity (Wildman–Crippen MR) is 140 cm³/mol. The SMILES string of the molecule is CCCCCCc1ccc(C(=O)Nc2ccc(C(=O)N3CCC[C@H]4CCCC[C@H]43)c(Cl)c2)cc1. The maximum Gasteiger partial charge on any atom is 0.255 e. The van der Waals surface area contributed by atoms with Gasteiger partial charge in [0.1, 0.15) is 0 Å². The number of hydrogen-bond donors (Lipinski definition) is 1. The summed E-state index contributed by atoms with van der Waals surface area (Å²) in [5.41, 5.74) is 3.00. The summed E-state index contributed by atoms with van der Waals surface area (Å²) in [6.07, 6.45) is 13.1. The fourth-order valence-corrected chi connectivity index (χ4v) is 5.84. The van der Waals surface area contributed by atoms with Crippen LogP contribution in [0.3, 0.4) is 0 Å². The molecule has 1 aliphatic carbocycles. The minimum absolute atomic E-state index is 0.0222. The van der Waals surface area contributed by atoms with E-state index in [2.05, 4.69) is 17.1 Å². The van der Waals surface area contributed by atoms with Crippen LogP contribution >= 0.6 is 11.6 Å². The molecule has 0 aromatic heterocycles. The Kier molecular flexibility index (Phi) is 8.66. The Labute approximate surface area is 209 Å². The third kappa shape index (κ3) is 6.02. The molecule has 4 rings (SSSR count). The Morgan fingerprint density at radius 3 is 2.50 bits per heavy atom. The summed E-state index contributed by atoms with van der Waals surface area (Å²) >= 11 is 6.54. The smallest absolute Gasteiger partial charge is 0.255 e. The number of hydrogen-bond acceptors (Lipinski definition) is 2. The Bertz CT molecular complexity index is 986. The molecule has 4 nitrogen and oxygen atoms in total. The monoisotopic (exact) mass is 480 g/mol. The molecule has 34 heavy (non-hydrogen) atoms. The fourth-order valence-electron chi connectivity index (χ4n) is 5.58. The number of carbonyl (C=O) groups excluding carboxylic acids is 2. The van der Waals surface area contributed by atoms with E-state index in [1.54, 1.807) is 18.2 Å². The van der Waals surface area contributed by atoms with Crippen LogP contribution in [0.2, 0.25) is 5.02 Å². The van der Waals surface area contributed by atoms with E-state index >= 15 is 0 Å². The summed E-state index contributed by atoms with van der Waals surface area (Å²) in [5.74, 6) is 0.481. The van der Waals surface area contributed by atoms with Gasteiger partial charge in [0.2, 0.25) is 0 Å². The molecular formula is C29H37ClN2O2. The second-order valence-corrected chi connectivity index (χ2v) is 10.3. The molecule has 0 spiro atoms. The van der Waals surface area contributed by atoms with E-state index in [0.717, 1.165) is 25.8 Å². The first-order chi connectivity index (χ1) is 16.6. The maximum absolute atomic E-state index is 13.3. The molecule has 2 atom stereocenters. The van der Waals surface area contributed by atoms with Crippen molar-refractivity contribution in [3.8, 4) is 0 Å². The summed E-state index contributed by atoms with van der Waals surface area (Å²) in [4.78, 5) is 28.1. The van der Waals surface area contributed by atoms with E-state index < -0.39 is 0 Å². The van der Waals surface area contributed by atoms with Gasteiger partial charge in [0, 0.05) is 23.8 Å². The van der Waals surface area contributed by atoms with Crippen LogP contribution in [0.5, 0.6) is 0 Å². The number of likely N-dealkylation sites (tertiary alicyclic amines) is 1. The van der Waals surface area contributed by atoms with E-state index in [9.17, 15) is 9.59 Å². The molecule has 1 saturated carbocycles. The summed E-state index contributed by atoms with van der Waals surface area (Å²) in [6.45, 7) is 3.02. The summed E-state index contributed by atoms with van der Waals surface area (Å²) < 4.78 is 0. The van der Waals surface area contributed by atoms with Crippen LogP contribution in [-0.4, -0.2) is 29.3 Å². The number of benzene rings is 2. The molecule has 1 heterocycles. The molecule has 5 heteroatoms. The van der Waals surface area contributed by atoms with Crippen molar-refractivity contribution in [2.75, 3.05) is 11.9 Å². The Morgan fingerprint density at radius 1 is 0.971 bits per heavy atom. The van der Waals surface area contributed by atoms with Gasteiger partial charge >= 0.3 is 0 Å². The average Bonchev–Trinajstić information content (AvgIpc) is 2.86. The molecule has 0 radical (unpaired) electrons. The molecule has 2 fully saturated rings. The van der Waals surface area contributed by atoms with E-state index in [4.69, 9.17) is 11.6 Å². The van der Waals surface area contributed by atoms with Gasteiger partial charge in [-0.2, -0.15) is 0 Å². The second-order valence-electron chi connectivity index (χ2n) is 9.91. The number of unbranched alkanes of at least 4 members (excludes halogenated alkanes) is 3. The fraction of sp³-hybridized carbons (Fsp3) is 0.517. The number of piperidine rings is 1. The van der Waals surface area contributed by atoms with Gasteiger partial charge in [-0.3, -0.25) is 9.59 Å². The highest BCUT2D eigenvalue weighted by molar-refractivity contribution is 6.34. The first kappa shape index (κ1) is 24.8. The molecule has 1 N–H and O–H groups in total. The number of carbonyl (C=O) groups is 2. The number of halogens is 1. The highest BCUT2D eigenvalue weighted by Gasteiger charge is 2.36. The zero-order chi connectivity index (χ0) is 23.9. The summed E-state index contributed by atoms with van der Waals surface area (Å²) in [7, 11) is 0. The molecule has 0 unspecified atom stereocenters. The van der Waals surface area contributed by atoms with Crippen LogP contribution in [0.15, 0.2) is 42.5 Å². The van der Waals surface area contributed by atoms with Gasteiger partial charge in [0.25, 0.3) is 11.8 Å². The van der Waals surface area contributed by atoms with Crippen molar-refractivity contribution in [1.29, 1.82) is 0 Å².